The lowest BCUT2D eigenvalue weighted by molar-refractivity contribution is 0.111. The number of nitrogens with zero attached hydrogens (tertiary/aromatic N) is 1. The zero-order valence-corrected chi connectivity index (χ0v) is 40.1. The number of pyridine rings is 1. The van der Waals surface area contributed by atoms with Crippen LogP contribution in [0.4, 0.5) is 0 Å². The SMILES string of the molecule is CC(C)(C)c1cc(-c2c3ccc4ccc(C#Cc5cc(C=O)c(O)c(C(C)(C)C)c5)cc4c3nc3c2ccc2ccc(C#Cc4cc(C=O)c(O)c(C(C)(C)C)c4)cc23)cc(C(C)(C)C)c1. The molecule has 0 fully saturated rings. The van der Waals surface area contributed by atoms with E-state index < -0.39 is 10.8 Å². The largest absolute Gasteiger partial charge is 0.507 e. The molecule has 0 aliphatic rings. The monoisotopic (exact) mass is 867 g/mol. The van der Waals surface area contributed by atoms with Gasteiger partial charge in [0, 0.05) is 60.5 Å². The number of aromatic nitrogens is 1. The predicted molar refractivity (Wildman–Crippen MR) is 273 cm³/mol. The summed E-state index contributed by atoms with van der Waals surface area (Å²) in [5, 5.41) is 27.7. The molecule has 0 aliphatic carbocycles. The summed E-state index contributed by atoms with van der Waals surface area (Å²) in [6.45, 7) is 25.6. The predicted octanol–water partition coefficient (Wildman–Crippen LogP) is 14.4. The molecule has 330 valence electrons. The number of carbonyl (C=O) groups is 2. The quantitative estimate of drug-likeness (QED) is 0.0799. The third-order valence-electron chi connectivity index (χ3n) is 12.6. The molecule has 0 spiro atoms. The first-order valence-corrected chi connectivity index (χ1v) is 22.5. The second-order valence-electron chi connectivity index (χ2n) is 21.7. The molecule has 5 heteroatoms. The van der Waals surface area contributed by atoms with Crippen molar-refractivity contribution in [3.63, 3.8) is 0 Å². The summed E-state index contributed by atoms with van der Waals surface area (Å²) in [7, 11) is 0. The third kappa shape index (κ3) is 8.67. The first-order valence-electron chi connectivity index (χ1n) is 22.5. The summed E-state index contributed by atoms with van der Waals surface area (Å²) < 4.78 is 0. The van der Waals surface area contributed by atoms with Gasteiger partial charge in [-0.1, -0.05) is 161 Å². The zero-order valence-electron chi connectivity index (χ0n) is 40.1. The summed E-state index contributed by atoms with van der Waals surface area (Å²) in [6, 6.07) is 35.1. The molecular formula is C61H57NO4. The minimum Gasteiger partial charge on any atom is -0.507 e. The molecule has 0 saturated carbocycles. The van der Waals surface area contributed by atoms with E-state index in [1.165, 1.54) is 11.1 Å². The fraction of sp³-hybridized carbons (Fsp3) is 0.262. The number of benzene rings is 7. The van der Waals surface area contributed by atoms with E-state index in [1.54, 1.807) is 12.1 Å². The molecule has 0 unspecified atom stereocenters. The van der Waals surface area contributed by atoms with Gasteiger partial charge < -0.3 is 10.2 Å². The van der Waals surface area contributed by atoms with Crippen LogP contribution in [0.2, 0.25) is 0 Å². The van der Waals surface area contributed by atoms with Crippen molar-refractivity contribution in [1.29, 1.82) is 0 Å². The number of aldehydes is 2. The van der Waals surface area contributed by atoms with Crippen LogP contribution in [0.1, 0.15) is 148 Å². The van der Waals surface area contributed by atoms with Crippen molar-refractivity contribution >= 4 is 55.9 Å². The lowest BCUT2D eigenvalue weighted by atomic mass is 9.78. The topological polar surface area (TPSA) is 87.5 Å². The van der Waals surface area contributed by atoms with Crippen molar-refractivity contribution in [1.82, 2.24) is 4.98 Å². The first-order chi connectivity index (χ1) is 30.9. The highest BCUT2D eigenvalue weighted by Gasteiger charge is 2.25. The van der Waals surface area contributed by atoms with Crippen LogP contribution in [0.25, 0.3) is 54.5 Å². The molecule has 5 nitrogen and oxygen atoms in total. The second kappa shape index (κ2) is 16.3. The molecule has 0 saturated heterocycles. The zero-order chi connectivity index (χ0) is 47.7. The van der Waals surface area contributed by atoms with Gasteiger partial charge in [0.15, 0.2) is 12.6 Å². The van der Waals surface area contributed by atoms with Gasteiger partial charge in [-0.25, -0.2) is 4.98 Å². The number of phenols is 2. The lowest BCUT2D eigenvalue weighted by Crippen LogP contribution is -2.16. The molecule has 66 heavy (non-hydrogen) atoms. The van der Waals surface area contributed by atoms with Gasteiger partial charge in [-0.15, -0.1) is 0 Å². The van der Waals surface area contributed by atoms with Crippen LogP contribution in [-0.4, -0.2) is 27.8 Å². The molecular weight excluding hydrogens is 811 g/mol. The van der Waals surface area contributed by atoms with Gasteiger partial charge in [-0.05, 0) is 97.7 Å². The van der Waals surface area contributed by atoms with Gasteiger partial charge in [0.2, 0.25) is 0 Å². The van der Waals surface area contributed by atoms with Gasteiger partial charge in [0.25, 0.3) is 0 Å². The number of fused-ring (bicyclic) bond motifs is 6. The van der Waals surface area contributed by atoms with Crippen LogP contribution in [0.3, 0.4) is 0 Å². The number of aromatic hydroxyl groups is 2. The Bertz CT molecular complexity index is 3240. The van der Waals surface area contributed by atoms with E-state index in [-0.39, 0.29) is 33.5 Å². The molecule has 0 aliphatic heterocycles. The fourth-order valence-electron chi connectivity index (χ4n) is 8.68. The maximum Gasteiger partial charge on any atom is 0.153 e. The highest BCUT2D eigenvalue weighted by Crippen LogP contribution is 2.43. The average Bonchev–Trinajstić information content (AvgIpc) is 3.25. The summed E-state index contributed by atoms with van der Waals surface area (Å²) >= 11 is 0. The Morgan fingerprint density at radius 1 is 0.424 bits per heavy atom. The first kappa shape index (κ1) is 45.4. The van der Waals surface area contributed by atoms with E-state index in [2.05, 4.69) is 132 Å². The van der Waals surface area contributed by atoms with Crippen molar-refractivity contribution < 1.29 is 19.8 Å². The van der Waals surface area contributed by atoms with Gasteiger partial charge in [-0.3, -0.25) is 9.59 Å². The van der Waals surface area contributed by atoms with Crippen LogP contribution in [0, 0.1) is 23.7 Å². The summed E-state index contributed by atoms with van der Waals surface area (Å²) in [4.78, 5) is 29.6. The molecule has 8 aromatic rings. The summed E-state index contributed by atoms with van der Waals surface area (Å²) in [6.07, 6.45) is 1.35. The van der Waals surface area contributed by atoms with Gasteiger partial charge in [-0.2, -0.15) is 0 Å². The molecule has 7 aromatic carbocycles. The lowest BCUT2D eigenvalue weighted by Gasteiger charge is -2.27. The Morgan fingerprint density at radius 3 is 1.17 bits per heavy atom. The van der Waals surface area contributed by atoms with Crippen LogP contribution < -0.4 is 0 Å². The Hall–Kier alpha value is -7.21. The van der Waals surface area contributed by atoms with Crippen LogP contribution >= 0.6 is 0 Å². The Labute approximate surface area is 388 Å². The minimum absolute atomic E-state index is 0.0103. The number of phenolic OH excluding ortho intramolecular Hbond substituents is 2. The van der Waals surface area contributed by atoms with E-state index in [0.29, 0.717) is 34.8 Å². The minimum atomic E-state index is -0.394. The second-order valence-corrected chi connectivity index (χ2v) is 21.7. The van der Waals surface area contributed by atoms with Gasteiger partial charge >= 0.3 is 0 Å². The molecule has 1 aromatic heterocycles. The fourth-order valence-corrected chi connectivity index (χ4v) is 8.68. The van der Waals surface area contributed by atoms with E-state index in [4.69, 9.17) is 4.98 Å². The Balaban J connectivity index is 1.41. The Kier molecular flexibility index (Phi) is 11.2. The number of rotatable bonds is 3. The van der Waals surface area contributed by atoms with Crippen LogP contribution in [-0.2, 0) is 21.7 Å². The molecule has 0 radical (unpaired) electrons. The highest BCUT2D eigenvalue weighted by molar-refractivity contribution is 6.21. The smallest absolute Gasteiger partial charge is 0.153 e. The normalized spacial score (nSPS) is 12.2. The maximum absolute atomic E-state index is 12.0. The molecule has 0 amide bonds. The van der Waals surface area contributed by atoms with Gasteiger partial charge in [0.05, 0.1) is 22.2 Å². The molecule has 0 bridgehead atoms. The van der Waals surface area contributed by atoms with Crippen molar-refractivity contribution in [3.05, 3.63) is 159 Å². The summed E-state index contributed by atoms with van der Waals surface area (Å²) in [5.41, 5.74) is 10.1. The highest BCUT2D eigenvalue weighted by atomic mass is 16.3. The van der Waals surface area contributed by atoms with Crippen molar-refractivity contribution in [2.24, 2.45) is 0 Å². The Morgan fingerprint density at radius 2 is 0.803 bits per heavy atom. The van der Waals surface area contributed by atoms with Crippen LogP contribution in [0.5, 0.6) is 11.5 Å². The molecule has 8 rings (SSSR count). The van der Waals surface area contributed by atoms with Crippen LogP contribution in [0.15, 0.2) is 103 Å². The number of hydrogen-bond donors (Lipinski definition) is 2. The van der Waals surface area contributed by atoms with E-state index in [1.807, 2.05) is 65.8 Å². The standard InChI is InChI=1S/C61H57NO4/c1-58(2,3)45-31-42(32-46(33-45)59(4,5)6)53-47-23-21-40-19-17-36(13-15-38-25-43(34-63)56(65)51(29-38)60(7,8)9)27-49(40)54(47)62-55-48(53)24-22-41-20-18-37(28-50(41)55)14-16-39-26-44(35-64)57(66)52(30-39)61(10,11)12/h17-35,65-66H,1-12H3. The van der Waals surface area contributed by atoms with Gasteiger partial charge in [0.1, 0.15) is 11.5 Å². The molecule has 0 atom stereocenters. The molecule has 1 heterocycles. The van der Waals surface area contributed by atoms with E-state index >= 15 is 0 Å². The number of carbonyl (C=O) groups excluding carboxylic acids is 2. The van der Waals surface area contributed by atoms with Crippen molar-refractivity contribution in [3.8, 4) is 46.3 Å². The molecule has 2 N–H and O–H groups in total. The average molecular weight is 868 g/mol. The summed E-state index contributed by atoms with van der Waals surface area (Å²) in [5.74, 6) is 13.3. The van der Waals surface area contributed by atoms with Crippen molar-refractivity contribution in [2.45, 2.75) is 105 Å². The van der Waals surface area contributed by atoms with Crippen molar-refractivity contribution in [2.75, 3.05) is 0 Å². The number of hydrogen-bond acceptors (Lipinski definition) is 5. The maximum atomic E-state index is 12.0. The van der Waals surface area contributed by atoms with E-state index in [0.717, 1.165) is 65.6 Å². The third-order valence-corrected chi connectivity index (χ3v) is 12.6. The van der Waals surface area contributed by atoms with E-state index in [9.17, 15) is 19.8 Å².